The number of allylic oxidation sites excluding steroid dienone is 4. The number of nitriles is 1. The van der Waals surface area contributed by atoms with Gasteiger partial charge in [-0.3, -0.25) is 4.40 Å². The summed E-state index contributed by atoms with van der Waals surface area (Å²) in [5.41, 5.74) is 6.66. The molecule has 0 radical (unpaired) electrons. The topological polar surface area (TPSA) is 54.0 Å². The summed E-state index contributed by atoms with van der Waals surface area (Å²) in [6, 6.07) is 20.1. The molecule has 4 aromatic rings. The quantitative estimate of drug-likeness (QED) is 0.531. The van der Waals surface area contributed by atoms with E-state index in [1.54, 1.807) is 0 Å². The molecule has 1 aliphatic carbocycles. The zero-order valence-corrected chi connectivity index (χ0v) is 14.4. The van der Waals surface area contributed by atoms with Crippen LogP contribution < -0.4 is 0 Å². The van der Waals surface area contributed by atoms with Gasteiger partial charge in [-0.1, -0.05) is 54.6 Å². The van der Waals surface area contributed by atoms with E-state index in [1.807, 2.05) is 83.6 Å². The molecule has 5 rings (SSSR count). The minimum Gasteiger partial charge on any atom is -0.284 e. The second kappa shape index (κ2) is 6.08. The standard InChI is InChI=1S/C23H14N4/c24-14-19-5-1-2-10-20(19)17-8-4-9-18(13-17)22-15-25-23-26-21(11-12-27(22)23)16-6-3-7-16/h1-13,15H. The molecule has 1 aliphatic rings. The molecule has 27 heavy (non-hydrogen) atoms. The van der Waals surface area contributed by atoms with Gasteiger partial charge in [-0.2, -0.15) is 5.26 Å². The Morgan fingerprint density at radius 2 is 1.81 bits per heavy atom. The Morgan fingerprint density at radius 3 is 2.63 bits per heavy atom. The molecule has 0 aliphatic heterocycles. The fourth-order valence-corrected chi connectivity index (χ4v) is 3.29. The van der Waals surface area contributed by atoms with Gasteiger partial charge >= 0.3 is 0 Å². The van der Waals surface area contributed by atoms with Gasteiger partial charge in [0.05, 0.1) is 29.2 Å². The summed E-state index contributed by atoms with van der Waals surface area (Å²) in [6.07, 6.45) is 9.93. The van der Waals surface area contributed by atoms with Crippen molar-refractivity contribution in [3.63, 3.8) is 0 Å². The second-order valence-electron chi connectivity index (χ2n) is 6.35. The molecule has 0 N–H and O–H groups in total. The number of aromatic nitrogens is 3. The Kier molecular flexibility index (Phi) is 3.44. The van der Waals surface area contributed by atoms with Crippen molar-refractivity contribution in [1.82, 2.24) is 14.4 Å². The lowest BCUT2D eigenvalue weighted by Crippen LogP contribution is -1.96. The van der Waals surface area contributed by atoms with Crippen LogP contribution in [-0.4, -0.2) is 14.4 Å². The van der Waals surface area contributed by atoms with Crippen LogP contribution in [0.15, 0.2) is 85.2 Å². The van der Waals surface area contributed by atoms with E-state index < -0.39 is 0 Å². The fourth-order valence-electron chi connectivity index (χ4n) is 3.29. The zero-order valence-electron chi connectivity index (χ0n) is 14.4. The van der Waals surface area contributed by atoms with Crippen LogP contribution in [0.4, 0.5) is 0 Å². The monoisotopic (exact) mass is 346 g/mol. The van der Waals surface area contributed by atoms with Crippen molar-refractivity contribution in [2.75, 3.05) is 0 Å². The molecular weight excluding hydrogens is 332 g/mol. The minimum absolute atomic E-state index is 0.668. The van der Waals surface area contributed by atoms with Gasteiger partial charge in [0.2, 0.25) is 5.78 Å². The molecule has 126 valence electrons. The molecule has 0 bridgehead atoms. The molecule has 0 saturated heterocycles. The van der Waals surface area contributed by atoms with E-state index >= 15 is 0 Å². The molecule has 4 heteroatoms. The molecule has 0 unspecified atom stereocenters. The Labute approximate surface area is 156 Å². The van der Waals surface area contributed by atoms with Crippen molar-refractivity contribution >= 4 is 11.4 Å². The third-order valence-corrected chi connectivity index (χ3v) is 4.74. The maximum absolute atomic E-state index is 9.39. The van der Waals surface area contributed by atoms with Crippen LogP contribution in [0.1, 0.15) is 11.3 Å². The first-order chi connectivity index (χ1) is 13.3. The van der Waals surface area contributed by atoms with E-state index in [-0.39, 0.29) is 0 Å². The van der Waals surface area contributed by atoms with Gasteiger partial charge in [-0.15, -0.1) is 0 Å². The van der Waals surface area contributed by atoms with Gasteiger partial charge in [0.25, 0.3) is 0 Å². The highest BCUT2D eigenvalue weighted by Crippen LogP contribution is 2.29. The van der Waals surface area contributed by atoms with Crippen LogP contribution in [-0.2, 0) is 0 Å². The van der Waals surface area contributed by atoms with E-state index in [1.165, 1.54) is 0 Å². The Bertz CT molecular complexity index is 1290. The summed E-state index contributed by atoms with van der Waals surface area (Å²) in [7, 11) is 0. The van der Waals surface area contributed by atoms with Crippen molar-refractivity contribution in [2.45, 2.75) is 0 Å². The number of rotatable bonds is 3. The van der Waals surface area contributed by atoms with Crippen LogP contribution in [0.2, 0.25) is 0 Å². The maximum Gasteiger partial charge on any atom is 0.234 e. The molecule has 0 spiro atoms. The summed E-state index contributed by atoms with van der Waals surface area (Å²) < 4.78 is 1.99. The molecule has 0 saturated carbocycles. The molecule has 4 nitrogen and oxygen atoms in total. The van der Waals surface area contributed by atoms with Crippen molar-refractivity contribution in [3.05, 3.63) is 96.5 Å². The number of benzene rings is 2. The Hall–Kier alpha value is -3.97. The highest BCUT2D eigenvalue weighted by Gasteiger charge is 2.12. The molecule has 0 amide bonds. The normalized spacial score (nSPS) is 12.5. The first kappa shape index (κ1) is 15.3. The minimum atomic E-state index is 0.668. The molecule has 0 fully saturated rings. The van der Waals surface area contributed by atoms with Crippen LogP contribution in [0.5, 0.6) is 0 Å². The van der Waals surface area contributed by atoms with Crippen molar-refractivity contribution < 1.29 is 0 Å². The highest BCUT2D eigenvalue weighted by atomic mass is 15.1. The number of hydrogen-bond acceptors (Lipinski definition) is 3. The van der Waals surface area contributed by atoms with Gasteiger partial charge in [0, 0.05) is 17.3 Å². The molecule has 0 atom stereocenters. The van der Waals surface area contributed by atoms with Crippen LogP contribution >= 0.6 is 0 Å². The van der Waals surface area contributed by atoms with Gasteiger partial charge in [0.15, 0.2) is 0 Å². The predicted molar refractivity (Wildman–Crippen MR) is 106 cm³/mol. The zero-order chi connectivity index (χ0) is 18.2. The van der Waals surface area contributed by atoms with Gasteiger partial charge < -0.3 is 0 Å². The number of imidazole rings is 1. The van der Waals surface area contributed by atoms with Gasteiger partial charge in [-0.25, -0.2) is 9.97 Å². The molecule has 2 heterocycles. The van der Waals surface area contributed by atoms with E-state index in [0.717, 1.165) is 33.7 Å². The van der Waals surface area contributed by atoms with Crippen LogP contribution in [0.25, 0.3) is 33.7 Å². The van der Waals surface area contributed by atoms with Crippen molar-refractivity contribution in [2.24, 2.45) is 0 Å². The van der Waals surface area contributed by atoms with Gasteiger partial charge in [0.1, 0.15) is 0 Å². The van der Waals surface area contributed by atoms with Gasteiger partial charge in [-0.05, 0) is 29.3 Å². The van der Waals surface area contributed by atoms with Crippen molar-refractivity contribution in [1.29, 1.82) is 5.26 Å². The summed E-state index contributed by atoms with van der Waals surface area (Å²) in [5.74, 6) is 0.673. The number of hydrogen-bond donors (Lipinski definition) is 0. The summed E-state index contributed by atoms with van der Waals surface area (Å²) in [4.78, 5) is 9.12. The SMILES string of the molecule is N#Cc1ccccc1-c1cccc(-c2cnc3nc(C4=CC=C4)ccn23)c1. The Morgan fingerprint density at radius 1 is 0.963 bits per heavy atom. The van der Waals surface area contributed by atoms with Crippen molar-refractivity contribution in [3.8, 4) is 28.5 Å². The lowest BCUT2D eigenvalue weighted by atomic mass is 9.98. The van der Waals surface area contributed by atoms with E-state index in [9.17, 15) is 5.26 Å². The largest absolute Gasteiger partial charge is 0.284 e. The fraction of sp³-hybridized carbons (Fsp3) is 0. The number of nitrogens with zero attached hydrogens (tertiary/aromatic N) is 4. The lowest BCUT2D eigenvalue weighted by Gasteiger charge is -2.09. The summed E-state index contributed by atoms with van der Waals surface area (Å²) >= 11 is 0. The average Bonchev–Trinajstić information content (AvgIpc) is 3.10. The molecule has 2 aromatic heterocycles. The second-order valence-corrected chi connectivity index (χ2v) is 6.35. The van der Waals surface area contributed by atoms with E-state index in [4.69, 9.17) is 0 Å². The highest BCUT2D eigenvalue weighted by molar-refractivity contribution is 5.80. The summed E-state index contributed by atoms with van der Waals surface area (Å²) in [5, 5.41) is 9.39. The molecule has 2 aromatic carbocycles. The van der Waals surface area contributed by atoms with E-state index in [2.05, 4.69) is 22.1 Å². The van der Waals surface area contributed by atoms with Crippen LogP contribution in [0, 0.1) is 11.3 Å². The predicted octanol–water partition coefficient (Wildman–Crippen LogP) is 4.89. The first-order valence-corrected chi connectivity index (χ1v) is 8.66. The maximum atomic E-state index is 9.39. The summed E-state index contributed by atoms with van der Waals surface area (Å²) in [6.45, 7) is 0. The number of fused-ring (bicyclic) bond motifs is 1. The van der Waals surface area contributed by atoms with Crippen LogP contribution in [0.3, 0.4) is 0 Å². The average molecular weight is 346 g/mol. The Balaban J connectivity index is 1.60. The van der Waals surface area contributed by atoms with E-state index in [0.29, 0.717) is 11.3 Å². The lowest BCUT2D eigenvalue weighted by molar-refractivity contribution is 1.10. The third-order valence-electron chi connectivity index (χ3n) is 4.74. The first-order valence-electron chi connectivity index (χ1n) is 8.66. The molecular formula is C23H14N4. The smallest absolute Gasteiger partial charge is 0.234 e. The third kappa shape index (κ3) is 2.54.